The zero-order valence-corrected chi connectivity index (χ0v) is 11.2. The van der Waals surface area contributed by atoms with Crippen molar-refractivity contribution >= 4 is 6.09 Å². The van der Waals surface area contributed by atoms with Crippen LogP contribution in [-0.4, -0.2) is 41.8 Å². The Morgan fingerprint density at radius 1 is 1.24 bits per heavy atom. The summed E-state index contributed by atoms with van der Waals surface area (Å²) >= 11 is 0. The van der Waals surface area contributed by atoms with Crippen molar-refractivity contribution in [2.24, 2.45) is 0 Å². The number of amides is 1. The van der Waals surface area contributed by atoms with Gasteiger partial charge in [0.15, 0.2) is 0 Å². The molecule has 0 unspecified atom stereocenters. The molecule has 1 aliphatic heterocycles. The first-order valence-electron chi connectivity index (χ1n) is 6.69. The van der Waals surface area contributed by atoms with Gasteiger partial charge in [-0.05, 0) is 53.0 Å². The minimum absolute atomic E-state index is 0.129. The van der Waals surface area contributed by atoms with Gasteiger partial charge in [-0.25, -0.2) is 4.79 Å². The number of carbonyl (C=O) groups excluding carboxylic acids is 1. The van der Waals surface area contributed by atoms with Gasteiger partial charge >= 0.3 is 6.09 Å². The molecule has 4 nitrogen and oxygen atoms in total. The second kappa shape index (κ2) is 4.84. The molecule has 2 aliphatic rings. The monoisotopic (exact) mass is 240 g/mol. The number of carbonyl (C=O) groups is 1. The highest BCUT2D eigenvalue weighted by Gasteiger charge is 2.37. The molecule has 0 aromatic carbocycles. The van der Waals surface area contributed by atoms with Crippen molar-refractivity contribution in [3.63, 3.8) is 0 Å². The van der Waals surface area contributed by atoms with Crippen LogP contribution in [0, 0.1) is 0 Å². The Bertz CT molecular complexity index is 276. The van der Waals surface area contributed by atoms with Crippen molar-refractivity contribution in [3.05, 3.63) is 0 Å². The second-order valence-corrected chi connectivity index (χ2v) is 6.12. The molecule has 0 aromatic rings. The minimum Gasteiger partial charge on any atom is -0.444 e. The average molecular weight is 240 g/mol. The van der Waals surface area contributed by atoms with Crippen LogP contribution in [0.4, 0.5) is 4.79 Å². The van der Waals surface area contributed by atoms with Crippen LogP contribution in [0.3, 0.4) is 0 Å². The van der Waals surface area contributed by atoms with Crippen molar-refractivity contribution in [1.29, 1.82) is 0 Å². The normalized spacial score (nSPS) is 25.5. The van der Waals surface area contributed by atoms with Gasteiger partial charge in [0.05, 0.1) is 0 Å². The van der Waals surface area contributed by atoms with Gasteiger partial charge in [0.1, 0.15) is 5.60 Å². The van der Waals surface area contributed by atoms with E-state index < -0.39 is 5.60 Å². The molecule has 2 rings (SSSR count). The number of nitrogens with one attached hydrogen (secondary N) is 1. The number of rotatable bonds is 2. The highest BCUT2D eigenvalue weighted by Crippen LogP contribution is 2.29. The molecule has 1 atom stereocenters. The summed E-state index contributed by atoms with van der Waals surface area (Å²) in [5.74, 6) is 0. The fraction of sp³-hybridized carbons (Fsp3) is 0.923. The Labute approximate surface area is 104 Å². The standard InChI is InChI=1S/C13H24N2O2/c1-13(2,3)17-12(16)15(10-5-4-6-10)11-7-8-14-9-11/h10-11,14H,4-9H2,1-3H3/t11-/m0/s1. The average Bonchev–Trinajstić information content (AvgIpc) is 2.59. The van der Waals surface area contributed by atoms with Gasteiger partial charge in [-0.3, -0.25) is 0 Å². The molecule has 1 amide bonds. The molecule has 0 spiro atoms. The largest absolute Gasteiger partial charge is 0.444 e. The van der Waals surface area contributed by atoms with E-state index in [0.29, 0.717) is 12.1 Å². The topological polar surface area (TPSA) is 41.6 Å². The van der Waals surface area contributed by atoms with Gasteiger partial charge in [0.25, 0.3) is 0 Å². The fourth-order valence-electron chi connectivity index (χ4n) is 2.45. The van der Waals surface area contributed by atoms with Gasteiger partial charge in [-0.2, -0.15) is 0 Å². The molecule has 0 radical (unpaired) electrons. The van der Waals surface area contributed by atoms with E-state index >= 15 is 0 Å². The van der Waals surface area contributed by atoms with E-state index in [2.05, 4.69) is 5.32 Å². The third-order valence-corrected chi connectivity index (χ3v) is 3.50. The molecule has 2 fully saturated rings. The molecule has 1 N–H and O–H groups in total. The Morgan fingerprint density at radius 2 is 1.94 bits per heavy atom. The van der Waals surface area contributed by atoms with Crippen LogP contribution in [0.2, 0.25) is 0 Å². The lowest BCUT2D eigenvalue weighted by atomic mass is 9.90. The molecule has 0 aromatic heterocycles. The Morgan fingerprint density at radius 3 is 2.35 bits per heavy atom. The van der Waals surface area contributed by atoms with Crippen LogP contribution < -0.4 is 5.32 Å². The lowest BCUT2D eigenvalue weighted by Gasteiger charge is -2.41. The van der Waals surface area contributed by atoms with Gasteiger partial charge < -0.3 is 15.0 Å². The van der Waals surface area contributed by atoms with E-state index in [-0.39, 0.29) is 6.09 Å². The van der Waals surface area contributed by atoms with Crippen LogP contribution in [0.25, 0.3) is 0 Å². The molecule has 1 saturated heterocycles. The summed E-state index contributed by atoms with van der Waals surface area (Å²) in [6.07, 6.45) is 4.43. The number of hydrogen-bond donors (Lipinski definition) is 1. The quantitative estimate of drug-likeness (QED) is 0.804. The summed E-state index contributed by atoms with van der Waals surface area (Å²) in [4.78, 5) is 14.3. The number of ether oxygens (including phenoxy) is 1. The van der Waals surface area contributed by atoms with E-state index in [4.69, 9.17) is 4.74 Å². The van der Waals surface area contributed by atoms with E-state index in [0.717, 1.165) is 32.4 Å². The first-order valence-corrected chi connectivity index (χ1v) is 6.69. The smallest absolute Gasteiger partial charge is 0.410 e. The van der Waals surface area contributed by atoms with Crippen LogP contribution >= 0.6 is 0 Å². The maximum Gasteiger partial charge on any atom is 0.410 e. The van der Waals surface area contributed by atoms with Crippen molar-refractivity contribution in [2.75, 3.05) is 13.1 Å². The van der Waals surface area contributed by atoms with E-state index in [1.807, 2.05) is 25.7 Å². The Kier molecular flexibility index (Phi) is 3.61. The molecular weight excluding hydrogens is 216 g/mol. The van der Waals surface area contributed by atoms with E-state index in [9.17, 15) is 4.79 Å². The third kappa shape index (κ3) is 3.12. The maximum absolute atomic E-state index is 12.3. The van der Waals surface area contributed by atoms with Crippen molar-refractivity contribution in [2.45, 2.75) is 64.1 Å². The van der Waals surface area contributed by atoms with Crippen LogP contribution in [-0.2, 0) is 4.74 Å². The zero-order valence-electron chi connectivity index (χ0n) is 11.2. The Hall–Kier alpha value is -0.770. The summed E-state index contributed by atoms with van der Waals surface area (Å²) in [5.41, 5.74) is -0.398. The van der Waals surface area contributed by atoms with Gasteiger partial charge in [-0.1, -0.05) is 0 Å². The van der Waals surface area contributed by atoms with Gasteiger partial charge in [-0.15, -0.1) is 0 Å². The molecule has 4 heteroatoms. The molecular formula is C13H24N2O2. The fourth-order valence-corrected chi connectivity index (χ4v) is 2.45. The summed E-state index contributed by atoms with van der Waals surface area (Å²) in [6.45, 7) is 7.71. The molecule has 1 aliphatic carbocycles. The molecule has 0 bridgehead atoms. The number of nitrogens with zero attached hydrogens (tertiary/aromatic N) is 1. The van der Waals surface area contributed by atoms with Crippen LogP contribution in [0.15, 0.2) is 0 Å². The summed E-state index contributed by atoms with van der Waals surface area (Å²) in [5, 5.41) is 3.32. The molecule has 1 heterocycles. The second-order valence-electron chi connectivity index (χ2n) is 6.12. The SMILES string of the molecule is CC(C)(C)OC(=O)N(C1CCC1)[C@H]1CCNC1. The summed E-state index contributed by atoms with van der Waals surface area (Å²) in [7, 11) is 0. The third-order valence-electron chi connectivity index (χ3n) is 3.50. The predicted octanol–water partition coefficient (Wildman–Crippen LogP) is 2.14. The molecule has 1 saturated carbocycles. The lowest BCUT2D eigenvalue weighted by molar-refractivity contribution is -0.00371. The Balaban J connectivity index is 2.01. The predicted molar refractivity (Wildman–Crippen MR) is 67.0 cm³/mol. The van der Waals surface area contributed by atoms with Gasteiger partial charge in [0.2, 0.25) is 0 Å². The van der Waals surface area contributed by atoms with E-state index in [1.54, 1.807) is 0 Å². The summed E-state index contributed by atoms with van der Waals surface area (Å²) < 4.78 is 5.53. The summed E-state index contributed by atoms with van der Waals surface area (Å²) in [6, 6.07) is 0.741. The molecule has 17 heavy (non-hydrogen) atoms. The van der Waals surface area contributed by atoms with Crippen molar-refractivity contribution < 1.29 is 9.53 Å². The lowest BCUT2D eigenvalue weighted by Crippen LogP contribution is -2.52. The van der Waals surface area contributed by atoms with Gasteiger partial charge in [0, 0.05) is 18.6 Å². The van der Waals surface area contributed by atoms with Crippen molar-refractivity contribution in [1.82, 2.24) is 10.2 Å². The maximum atomic E-state index is 12.3. The van der Waals surface area contributed by atoms with Crippen LogP contribution in [0.5, 0.6) is 0 Å². The molecule has 98 valence electrons. The van der Waals surface area contributed by atoms with Crippen LogP contribution in [0.1, 0.15) is 46.5 Å². The number of hydrogen-bond acceptors (Lipinski definition) is 3. The minimum atomic E-state index is -0.398. The zero-order chi connectivity index (χ0) is 12.5. The van der Waals surface area contributed by atoms with E-state index in [1.165, 1.54) is 6.42 Å². The highest BCUT2D eigenvalue weighted by atomic mass is 16.6. The first-order chi connectivity index (χ1) is 7.97. The van der Waals surface area contributed by atoms with Crippen molar-refractivity contribution in [3.8, 4) is 0 Å². The highest BCUT2D eigenvalue weighted by molar-refractivity contribution is 5.69. The first kappa shape index (κ1) is 12.7.